The quantitative estimate of drug-likeness (QED) is 0.586. The summed E-state index contributed by atoms with van der Waals surface area (Å²) in [6, 6.07) is 0.953. The third-order valence-corrected chi connectivity index (χ3v) is 5.70. The van der Waals surface area contributed by atoms with Gasteiger partial charge in [-0.05, 0) is 13.3 Å². The lowest BCUT2D eigenvalue weighted by Crippen LogP contribution is -2.29. The minimum absolute atomic E-state index is 0.117. The Morgan fingerprint density at radius 2 is 2.21 bits per heavy atom. The molecular weight excluding hydrogens is 294 g/mol. The number of aliphatic hydroxyl groups is 1. The van der Waals surface area contributed by atoms with Crippen LogP contribution in [0.3, 0.4) is 0 Å². The Labute approximate surface area is 114 Å². The van der Waals surface area contributed by atoms with Crippen LogP contribution in [-0.4, -0.2) is 42.4 Å². The summed E-state index contributed by atoms with van der Waals surface area (Å²) in [6.45, 7) is 1.67. The van der Waals surface area contributed by atoms with Crippen molar-refractivity contribution in [2.75, 3.05) is 19.3 Å². The molecule has 3 N–H and O–H groups in total. The molecule has 108 valence electrons. The Morgan fingerprint density at radius 3 is 2.63 bits per heavy atom. The van der Waals surface area contributed by atoms with Crippen LogP contribution in [0.4, 0.5) is 10.7 Å². The molecule has 1 unspecified atom stereocenters. The normalized spacial score (nSPS) is 13.7. The highest BCUT2D eigenvalue weighted by atomic mass is 32.2. The Bertz CT molecular complexity index is 566. The number of nitrogens with two attached hydrogens (primary N) is 1. The molecule has 1 aromatic heterocycles. The maximum absolute atomic E-state index is 12.1. The fraction of sp³-hybridized carbons (Fsp3) is 0.556. The fourth-order valence-electron chi connectivity index (χ4n) is 1.29. The van der Waals surface area contributed by atoms with Crippen molar-refractivity contribution in [1.82, 2.24) is 4.31 Å². The molecule has 0 aliphatic carbocycles. The van der Waals surface area contributed by atoms with Gasteiger partial charge in [0.05, 0.1) is 11.0 Å². The molecule has 8 nitrogen and oxygen atoms in total. The molecule has 1 aromatic rings. The standard InChI is InChI=1S/C9H15N3O5S2/c1-6(13)3-4-11(2)19(16,17)8-5-7(12(14)15)9(10)18-8/h5-6,13H,3-4,10H2,1-2H3. The Hall–Kier alpha value is -1.23. The van der Waals surface area contributed by atoms with Gasteiger partial charge < -0.3 is 10.8 Å². The zero-order valence-corrected chi connectivity index (χ0v) is 12.1. The van der Waals surface area contributed by atoms with E-state index in [1.54, 1.807) is 6.92 Å². The maximum Gasteiger partial charge on any atom is 0.304 e. The summed E-state index contributed by atoms with van der Waals surface area (Å²) in [5.74, 6) is 0. The van der Waals surface area contributed by atoms with Gasteiger partial charge in [-0.15, -0.1) is 0 Å². The highest BCUT2D eigenvalue weighted by molar-refractivity contribution is 7.91. The second-order valence-electron chi connectivity index (χ2n) is 4.04. The SMILES string of the molecule is CC(O)CCN(C)S(=O)(=O)c1cc([N+](=O)[O-])c(N)s1. The van der Waals surface area contributed by atoms with Gasteiger partial charge in [-0.3, -0.25) is 10.1 Å². The number of sulfonamides is 1. The lowest BCUT2D eigenvalue weighted by molar-refractivity contribution is -0.383. The Kier molecular flexibility index (Phi) is 4.85. The van der Waals surface area contributed by atoms with Gasteiger partial charge >= 0.3 is 5.69 Å². The van der Waals surface area contributed by atoms with E-state index in [1.807, 2.05) is 0 Å². The predicted octanol–water partition coefficient (Wildman–Crippen LogP) is 0.630. The summed E-state index contributed by atoms with van der Waals surface area (Å²) in [4.78, 5) is 9.92. The number of aliphatic hydroxyl groups excluding tert-OH is 1. The summed E-state index contributed by atoms with van der Waals surface area (Å²) >= 11 is 0.656. The van der Waals surface area contributed by atoms with Gasteiger partial charge in [0.1, 0.15) is 4.21 Å². The molecule has 0 amide bonds. The van der Waals surface area contributed by atoms with Crippen LogP contribution in [-0.2, 0) is 10.0 Å². The van der Waals surface area contributed by atoms with E-state index in [0.29, 0.717) is 11.3 Å². The van der Waals surface area contributed by atoms with Gasteiger partial charge in [0.15, 0.2) is 5.00 Å². The first kappa shape index (κ1) is 15.8. The second kappa shape index (κ2) is 5.82. The van der Waals surface area contributed by atoms with Crippen molar-refractivity contribution in [3.8, 4) is 0 Å². The van der Waals surface area contributed by atoms with Gasteiger partial charge in [-0.25, -0.2) is 12.7 Å². The Balaban J connectivity index is 3.00. The minimum atomic E-state index is -3.81. The second-order valence-corrected chi connectivity index (χ2v) is 7.39. The lowest BCUT2D eigenvalue weighted by atomic mass is 10.3. The van der Waals surface area contributed by atoms with Crippen molar-refractivity contribution in [3.63, 3.8) is 0 Å². The van der Waals surface area contributed by atoms with E-state index in [-0.39, 0.29) is 22.2 Å². The van der Waals surface area contributed by atoms with Crippen molar-refractivity contribution in [2.24, 2.45) is 0 Å². The molecule has 0 spiro atoms. The van der Waals surface area contributed by atoms with Crippen LogP contribution in [0.1, 0.15) is 13.3 Å². The summed E-state index contributed by atoms with van der Waals surface area (Å²) in [7, 11) is -2.47. The molecule has 1 atom stereocenters. The van der Waals surface area contributed by atoms with Crippen molar-refractivity contribution in [3.05, 3.63) is 16.2 Å². The van der Waals surface area contributed by atoms with Crippen LogP contribution < -0.4 is 5.73 Å². The van der Waals surface area contributed by atoms with Gasteiger partial charge in [0, 0.05) is 19.7 Å². The topological polar surface area (TPSA) is 127 Å². The monoisotopic (exact) mass is 309 g/mol. The minimum Gasteiger partial charge on any atom is -0.393 e. The summed E-state index contributed by atoms with van der Waals surface area (Å²) in [5.41, 5.74) is 5.01. The predicted molar refractivity (Wildman–Crippen MR) is 71.5 cm³/mol. The van der Waals surface area contributed by atoms with Gasteiger partial charge in [0.2, 0.25) is 0 Å². The van der Waals surface area contributed by atoms with Gasteiger partial charge in [-0.1, -0.05) is 11.3 Å². The Morgan fingerprint density at radius 1 is 1.63 bits per heavy atom. The molecule has 10 heteroatoms. The molecule has 0 bridgehead atoms. The molecule has 0 saturated heterocycles. The summed E-state index contributed by atoms with van der Waals surface area (Å²) < 4.78 is 25.1. The van der Waals surface area contributed by atoms with Crippen molar-refractivity contribution < 1.29 is 18.4 Å². The maximum atomic E-state index is 12.1. The van der Waals surface area contributed by atoms with Crippen molar-refractivity contribution >= 4 is 32.0 Å². The zero-order chi connectivity index (χ0) is 14.8. The molecule has 0 saturated carbocycles. The van der Waals surface area contributed by atoms with E-state index in [4.69, 9.17) is 10.8 Å². The van der Waals surface area contributed by atoms with Crippen LogP contribution in [0.25, 0.3) is 0 Å². The van der Waals surface area contributed by atoms with E-state index in [2.05, 4.69) is 0 Å². The van der Waals surface area contributed by atoms with E-state index in [0.717, 1.165) is 10.4 Å². The molecule has 0 aliphatic heterocycles. The number of nitrogens with zero attached hydrogens (tertiary/aromatic N) is 2. The van der Waals surface area contributed by atoms with Crippen molar-refractivity contribution in [1.29, 1.82) is 0 Å². The van der Waals surface area contributed by atoms with E-state index < -0.39 is 26.7 Å². The van der Waals surface area contributed by atoms with E-state index in [9.17, 15) is 18.5 Å². The van der Waals surface area contributed by atoms with Crippen LogP contribution in [0.15, 0.2) is 10.3 Å². The first-order valence-electron chi connectivity index (χ1n) is 5.34. The number of nitro groups is 1. The number of thiophene rings is 1. The number of hydrogen-bond acceptors (Lipinski definition) is 7. The molecule has 0 radical (unpaired) electrons. The van der Waals surface area contributed by atoms with Crippen LogP contribution in [0.5, 0.6) is 0 Å². The number of nitrogen functional groups attached to an aromatic ring is 1. The average molecular weight is 309 g/mol. The van der Waals surface area contributed by atoms with Crippen LogP contribution in [0, 0.1) is 10.1 Å². The molecular formula is C9H15N3O5S2. The smallest absolute Gasteiger partial charge is 0.304 e. The molecule has 0 aromatic carbocycles. The molecule has 0 fully saturated rings. The first-order chi connectivity index (χ1) is 8.66. The molecule has 1 rings (SSSR count). The van der Waals surface area contributed by atoms with Crippen molar-refractivity contribution in [2.45, 2.75) is 23.7 Å². The molecule has 1 heterocycles. The molecule has 0 aliphatic rings. The fourth-order valence-corrected chi connectivity index (χ4v) is 3.90. The van der Waals surface area contributed by atoms with Crippen LogP contribution >= 0.6 is 11.3 Å². The van der Waals surface area contributed by atoms with Gasteiger partial charge in [0.25, 0.3) is 10.0 Å². The average Bonchev–Trinajstić information content (AvgIpc) is 2.68. The largest absolute Gasteiger partial charge is 0.393 e. The first-order valence-corrected chi connectivity index (χ1v) is 7.60. The van der Waals surface area contributed by atoms with Gasteiger partial charge in [-0.2, -0.15) is 0 Å². The third-order valence-electron chi connectivity index (χ3n) is 2.44. The number of hydrogen-bond donors (Lipinski definition) is 2. The molecule has 19 heavy (non-hydrogen) atoms. The van der Waals surface area contributed by atoms with E-state index >= 15 is 0 Å². The van der Waals surface area contributed by atoms with Crippen LogP contribution in [0.2, 0.25) is 0 Å². The summed E-state index contributed by atoms with van der Waals surface area (Å²) in [6.07, 6.45) is -0.348. The van der Waals surface area contributed by atoms with E-state index in [1.165, 1.54) is 7.05 Å². The summed E-state index contributed by atoms with van der Waals surface area (Å²) in [5, 5.41) is 19.6. The number of anilines is 1. The highest BCUT2D eigenvalue weighted by Gasteiger charge is 2.28. The third kappa shape index (κ3) is 3.62. The lowest BCUT2D eigenvalue weighted by Gasteiger charge is -2.16. The highest BCUT2D eigenvalue weighted by Crippen LogP contribution is 2.35. The number of rotatable bonds is 6. The zero-order valence-electron chi connectivity index (χ0n) is 10.4.